The molecule has 7 aromatic rings. The van der Waals surface area contributed by atoms with Crippen LogP contribution in [0.1, 0.15) is 83.0 Å². The van der Waals surface area contributed by atoms with Crippen molar-refractivity contribution in [3.8, 4) is 46.1 Å². The van der Waals surface area contributed by atoms with Gasteiger partial charge in [-0.3, -0.25) is 24.0 Å². The largest absolute Gasteiger partial charge is 0.508 e. The normalized spacial score (nSPS) is 19.0. The van der Waals surface area contributed by atoms with Gasteiger partial charge < -0.3 is 38.9 Å². The number of phenols is 1. The molecule has 434 valence electrons. The first-order chi connectivity index (χ1) is 39.8. The highest BCUT2D eigenvalue weighted by molar-refractivity contribution is 6.35. The maximum Gasteiger partial charge on any atom is 0.319 e. The van der Waals surface area contributed by atoms with Crippen molar-refractivity contribution in [3.05, 3.63) is 120 Å². The number of fused-ring (bicyclic) bond motifs is 2. The van der Waals surface area contributed by atoms with Crippen LogP contribution in [-0.2, 0) is 21.4 Å². The maximum absolute atomic E-state index is 17.3. The smallest absolute Gasteiger partial charge is 0.319 e. The van der Waals surface area contributed by atoms with Crippen molar-refractivity contribution in [2.75, 3.05) is 63.9 Å². The first-order valence-electron chi connectivity index (χ1n) is 28.0. The molecular weight excluding hydrogens is 1090 g/mol. The Kier molecular flexibility index (Phi) is 17.2. The van der Waals surface area contributed by atoms with Gasteiger partial charge in [-0.2, -0.15) is 20.3 Å². The van der Waals surface area contributed by atoms with Gasteiger partial charge in [-0.25, -0.2) is 8.78 Å². The van der Waals surface area contributed by atoms with Gasteiger partial charge in [0.2, 0.25) is 5.91 Å². The summed E-state index contributed by atoms with van der Waals surface area (Å²) in [7, 11) is 1.89. The third-order valence-corrected chi connectivity index (χ3v) is 16.9. The molecule has 0 spiro atoms. The lowest BCUT2D eigenvalue weighted by Gasteiger charge is -2.41. The lowest BCUT2D eigenvalue weighted by atomic mass is 9.81. The number of nitriles is 1. The number of aromatic nitrogens is 5. The first kappa shape index (κ1) is 58.2. The van der Waals surface area contributed by atoms with Crippen molar-refractivity contribution in [3.63, 3.8) is 0 Å². The zero-order valence-corrected chi connectivity index (χ0v) is 47.9. The van der Waals surface area contributed by atoms with E-state index >= 15 is 4.39 Å². The fraction of sp³-hybridized carbons (Fsp3) is 0.419. The van der Waals surface area contributed by atoms with E-state index in [-0.39, 0.29) is 126 Å². The number of nitrogens with zero attached hydrogens (tertiary/aromatic N) is 10. The van der Waals surface area contributed by atoms with Gasteiger partial charge in [0.15, 0.2) is 23.2 Å². The van der Waals surface area contributed by atoms with Crippen molar-refractivity contribution in [2.24, 2.45) is 18.4 Å². The number of carbonyl (C=O) groups excluding carboxylic acids is 3. The van der Waals surface area contributed by atoms with E-state index in [1.54, 1.807) is 52.2 Å². The van der Waals surface area contributed by atoms with Crippen molar-refractivity contribution in [1.29, 1.82) is 5.26 Å². The van der Waals surface area contributed by atoms with Crippen LogP contribution >= 0.6 is 11.6 Å². The molecule has 18 nitrogen and oxygen atoms in total. The van der Waals surface area contributed by atoms with Crippen LogP contribution in [0.4, 0.5) is 14.6 Å². The van der Waals surface area contributed by atoms with E-state index in [9.17, 15) is 34.2 Å². The zero-order chi connectivity index (χ0) is 58.9. The van der Waals surface area contributed by atoms with E-state index in [1.807, 2.05) is 64.2 Å². The molecule has 6 heterocycles. The summed E-state index contributed by atoms with van der Waals surface area (Å²) in [5.74, 6) is -3.64. The lowest BCUT2D eigenvalue weighted by molar-refractivity contribution is -0.140. The molecule has 3 aromatic heterocycles. The Bertz CT molecular complexity index is 3620. The summed E-state index contributed by atoms with van der Waals surface area (Å²) in [5.41, 5.74) is 3.02. The molecule has 0 saturated carbocycles. The number of aliphatic hydroxyl groups excluding tert-OH is 1. The van der Waals surface area contributed by atoms with Crippen LogP contribution in [0, 0.1) is 28.5 Å². The highest BCUT2D eigenvalue weighted by Crippen LogP contribution is 2.43. The summed E-state index contributed by atoms with van der Waals surface area (Å²) in [6, 6.07) is 23.9. The highest BCUT2D eigenvalue weighted by atomic mass is 35.5. The maximum atomic E-state index is 17.3. The van der Waals surface area contributed by atoms with Gasteiger partial charge in [0, 0.05) is 81.2 Å². The van der Waals surface area contributed by atoms with E-state index in [0.717, 1.165) is 29.7 Å². The topological polar surface area (TPSA) is 217 Å². The average molecular weight is 1150 g/mol. The molecule has 21 heteroatoms. The number of piperazine rings is 1. The third-order valence-electron chi connectivity index (χ3n) is 16.6. The molecule has 2 N–H and O–H groups in total. The van der Waals surface area contributed by atoms with Gasteiger partial charge in [-0.05, 0) is 94.7 Å². The van der Waals surface area contributed by atoms with E-state index in [2.05, 4.69) is 39.7 Å². The first-order valence-corrected chi connectivity index (χ1v) is 28.4. The standard InChI is InChI=1S/C62H67ClF2N10O8/c1-36(2)54(60(80)75-34-44(77)30-50(75)51(78)27-37(3)39-11-13-40(14-12-39)49-16-20-67-71(49)6)52-32-53(70-83-52)82-35-62(5)17-21-72(22-18-62)25-26-81-61-68-57-47(58(69-61)73-23-24-74(59(79)38(4)64)42(33-73)15-19-66)31-48(63)55(56(57)65)46-29-43(76)28-41-9-7-8-10-45(41)46/h7-14,16,20,28-29,31-32,36-37,42,44,50,54,76-77H,4,15,17-18,21-27,30,33-35H2,1-3,5-6H3/t37-,42+,44-,50+,54+/m1/s1. The number of amides is 2. The number of hydrogen-bond donors (Lipinski definition) is 2. The molecule has 3 saturated heterocycles. The Morgan fingerprint density at radius 3 is 2.43 bits per heavy atom. The van der Waals surface area contributed by atoms with Gasteiger partial charge in [0.05, 0.1) is 48.0 Å². The number of piperidine rings is 1. The van der Waals surface area contributed by atoms with Crippen molar-refractivity contribution in [2.45, 2.75) is 89.8 Å². The molecule has 10 rings (SSSR count). The number of hydrogen-bond acceptors (Lipinski definition) is 15. The Morgan fingerprint density at radius 1 is 0.964 bits per heavy atom. The summed E-state index contributed by atoms with van der Waals surface area (Å²) in [6.07, 6.45) is 2.67. The number of halogens is 3. The molecule has 0 bridgehead atoms. The quantitative estimate of drug-likeness (QED) is 0.0721. The lowest BCUT2D eigenvalue weighted by Crippen LogP contribution is -2.55. The zero-order valence-electron chi connectivity index (χ0n) is 47.1. The molecule has 2 amide bonds. The Labute approximate surface area is 484 Å². The van der Waals surface area contributed by atoms with Crippen LogP contribution in [0.3, 0.4) is 0 Å². The number of phenolic OH excluding ortho intramolecular Hbond substituents is 1. The molecule has 0 unspecified atom stereocenters. The number of carbonyl (C=O) groups is 3. The van der Waals surface area contributed by atoms with Gasteiger partial charge >= 0.3 is 6.01 Å². The van der Waals surface area contributed by atoms with Crippen LogP contribution in [0.5, 0.6) is 17.6 Å². The van der Waals surface area contributed by atoms with Crippen LogP contribution < -0.4 is 14.4 Å². The number of aryl methyl sites for hydroxylation is 1. The summed E-state index contributed by atoms with van der Waals surface area (Å²) < 4.78 is 51.5. The SMILES string of the molecule is C=C(F)C(=O)N1CCN(c2nc(OCCN3CCC(C)(COc4cc([C@@H](C(=O)N5C[C@H](O)C[C@H]5C(=O)C[C@@H](C)c5ccc(-c6ccnn6C)cc5)C(C)C)on4)CC3)nc3c(F)c(-c4cc(O)cc5ccccc45)c(Cl)cc23)C[C@@H]1CC#N. The Balaban J connectivity index is 0.778. The second-order valence-corrected chi connectivity index (χ2v) is 23.3. The number of likely N-dealkylation sites (tertiary alicyclic amines) is 2. The summed E-state index contributed by atoms with van der Waals surface area (Å²) in [6.45, 7) is 13.7. The third kappa shape index (κ3) is 12.4. The minimum absolute atomic E-state index is 0.0177. The number of β-amino-alcohol motifs (C(OH)–C–C–N with tert-alkyl or cyclic N) is 1. The minimum Gasteiger partial charge on any atom is -0.508 e. The van der Waals surface area contributed by atoms with Crippen LogP contribution in [-0.4, -0.2) is 145 Å². The molecule has 83 heavy (non-hydrogen) atoms. The van der Waals surface area contributed by atoms with Gasteiger partial charge in [-0.1, -0.05) is 94.4 Å². The van der Waals surface area contributed by atoms with E-state index in [4.69, 9.17) is 30.6 Å². The Morgan fingerprint density at radius 2 is 1.72 bits per heavy atom. The molecule has 3 aliphatic heterocycles. The second kappa shape index (κ2) is 24.5. The number of ketones is 1. The van der Waals surface area contributed by atoms with E-state index < -0.39 is 41.7 Å². The molecule has 4 aromatic carbocycles. The monoisotopic (exact) mass is 1150 g/mol. The fourth-order valence-electron chi connectivity index (χ4n) is 11.9. The van der Waals surface area contributed by atoms with Crippen LogP contribution in [0.25, 0.3) is 44.1 Å². The summed E-state index contributed by atoms with van der Waals surface area (Å²) in [5, 5.41) is 41.3. The van der Waals surface area contributed by atoms with Crippen molar-refractivity contribution < 1.29 is 47.4 Å². The van der Waals surface area contributed by atoms with Gasteiger partial charge in [0.25, 0.3) is 11.8 Å². The summed E-state index contributed by atoms with van der Waals surface area (Å²) >= 11 is 6.95. The number of rotatable bonds is 19. The number of benzene rings is 4. The number of aliphatic hydroxyl groups is 1. The number of ether oxygens (including phenoxy) is 2. The van der Waals surface area contributed by atoms with Crippen molar-refractivity contribution >= 4 is 56.7 Å². The molecule has 0 radical (unpaired) electrons. The molecule has 5 atom stereocenters. The number of Topliss-reactive ketones (excluding diaryl/α,β-unsaturated/α-hetero) is 1. The van der Waals surface area contributed by atoms with Crippen LogP contribution in [0.2, 0.25) is 5.02 Å². The van der Waals surface area contributed by atoms with Gasteiger partial charge in [0.1, 0.15) is 29.6 Å². The average Bonchev–Trinajstić information content (AvgIpc) is 3.68. The predicted octanol–water partition coefficient (Wildman–Crippen LogP) is 9.77. The molecule has 3 aliphatic rings. The van der Waals surface area contributed by atoms with E-state index in [1.165, 1.54) is 15.9 Å². The minimum atomic E-state index is -1.14. The number of anilines is 1. The summed E-state index contributed by atoms with van der Waals surface area (Å²) in [4.78, 5) is 57.3. The fourth-order valence-corrected chi connectivity index (χ4v) is 12.2. The van der Waals surface area contributed by atoms with E-state index in [0.29, 0.717) is 48.3 Å². The number of aromatic hydroxyl groups is 1. The highest BCUT2D eigenvalue weighted by Gasteiger charge is 2.44. The molecule has 0 aliphatic carbocycles. The second-order valence-electron chi connectivity index (χ2n) is 22.9. The van der Waals surface area contributed by atoms with Gasteiger partial charge in [-0.15, -0.1) is 0 Å². The molecular formula is C62H67ClF2N10O8. The Hall–Kier alpha value is -7.99. The molecule has 3 fully saturated rings. The predicted molar refractivity (Wildman–Crippen MR) is 309 cm³/mol. The van der Waals surface area contributed by atoms with Crippen LogP contribution in [0.15, 0.2) is 102 Å². The van der Waals surface area contributed by atoms with Crippen molar-refractivity contribution in [1.82, 2.24) is 39.6 Å².